The molecular weight excluding hydrogens is 735 g/mol. The van der Waals surface area contributed by atoms with Crippen molar-refractivity contribution in [3.63, 3.8) is 0 Å². The van der Waals surface area contributed by atoms with Crippen LogP contribution < -0.4 is 20.1 Å². The second-order valence-electron chi connectivity index (χ2n) is 12.9. The molecule has 18 heteroatoms. The summed E-state index contributed by atoms with van der Waals surface area (Å²) in [5.74, 6) is -0.327. The van der Waals surface area contributed by atoms with Crippen LogP contribution in [0.25, 0.3) is 20.4 Å². The van der Waals surface area contributed by atoms with Crippen molar-refractivity contribution in [3.8, 4) is 11.5 Å². The molecule has 2 aliphatic heterocycles. The van der Waals surface area contributed by atoms with Gasteiger partial charge in [0.1, 0.15) is 11.5 Å². The average Bonchev–Trinajstić information content (AvgIpc) is 3.67. The molecule has 2 fully saturated rings. The van der Waals surface area contributed by atoms with Gasteiger partial charge in [-0.1, -0.05) is 35.5 Å². The van der Waals surface area contributed by atoms with Crippen molar-refractivity contribution in [1.29, 1.82) is 0 Å². The van der Waals surface area contributed by atoms with Crippen LogP contribution in [0.4, 0.5) is 36.6 Å². The number of piperidine rings is 2. The number of aromatic nitrogens is 2. The van der Waals surface area contributed by atoms with Gasteiger partial charge < -0.3 is 29.9 Å². The average molecular weight is 773 g/mol. The number of ether oxygens (including phenoxy) is 2. The van der Waals surface area contributed by atoms with Crippen LogP contribution in [0.15, 0.2) is 36.4 Å². The Morgan fingerprint density at radius 3 is 1.40 bits per heavy atom. The number of unbranched alkanes of at least 4 members (excludes halogenated alkanes) is 3. The fourth-order valence-corrected chi connectivity index (χ4v) is 8.39. The number of alkyl halides is 6. The first-order valence-corrected chi connectivity index (χ1v) is 18.8. The quantitative estimate of drug-likeness (QED) is 0.103. The highest BCUT2D eigenvalue weighted by molar-refractivity contribution is 7.22. The molecule has 6 rings (SSSR count). The summed E-state index contributed by atoms with van der Waals surface area (Å²) in [6.45, 7) is 2.48. The van der Waals surface area contributed by atoms with Crippen molar-refractivity contribution >= 4 is 65.2 Å². The van der Waals surface area contributed by atoms with Crippen LogP contribution in [-0.2, 0) is 9.59 Å². The number of rotatable bonds is 13. The highest BCUT2D eigenvalue weighted by Gasteiger charge is 2.32. The molecule has 10 nitrogen and oxygen atoms in total. The van der Waals surface area contributed by atoms with E-state index in [-0.39, 0.29) is 35.4 Å². The third-order valence-corrected chi connectivity index (χ3v) is 11.0. The monoisotopic (exact) mass is 772 g/mol. The maximum Gasteiger partial charge on any atom is 0.573 e. The third-order valence-electron chi connectivity index (χ3n) is 9.07. The molecule has 0 aliphatic carbocycles. The zero-order chi connectivity index (χ0) is 36.9. The zero-order valence-corrected chi connectivity index (χ0v) is 29.7. The first-order valence-electron chi connectivity index (χ1n) is 17.2. The Morgan fingerprint density at radius 2 is 1.04 bits per heavy atom. The summed E-state index contributed by atoms with van der Waals surface area (Å²) in [6, 6.07) is 8.35. The number of fused-ring (bicyclic) bond motifs is 2. The second kappa shape index (κ2) is 16.3. The molecule has 0 saturated carbocycles. The zero-order valence-electron chi connectivity index (χ0n) is 28.0. The number of nitrogens with zero attached hydrogens (tertiary/aromatic N) is 4. The SMILES string of the molecule is O=C(CCCCCCC(=O)N1CCC(Nc2nc3ccc(OC(F)(F)F)cc3s2)CC1)N1CCC(Nc2nc3ccc(OC(F)(F)F)cc3s2)CC1. The molecule has 0 unspecified atom stereocenters. The largest absolute Gasteiger partial charge is 0.573 e. The van der Waals surface area contributed by atoms with Crippen LogP contribution in [0.3, 0.4) is 0 Å². The van der Waals surface area contributed by atoms with Gasteiger partial charge in [-0.3, -0.25) is 9.59 Å². The van der Waals surface area contributed by atoms with E-state index in [2.05, 4.69) is 30.1 Å². The summed E-state index contributed by atoms with van der Waals surface area (Å²) in [5.41, 5.74) is 1.17. The summed E-state index contributed by atoms with van der Waals surface area (Å²) in [5, 5.41) is 7.96. The lowest BCUT2D eigenvalue weighted by atomic mass is 10.0. The maximum absolute atomic E-state index is 12.8. The smallest absolute Gasteiger partial charge is 0.406 e. The van der Waals surface area contributed by atoms with Crippen LogP contribution >= 0.6 is 22.7 Å². The van der Waals surface area contributed by atoms with Gasteiger partial charge in [-0.05, 0) is 62.8 Å². The number of carbonyl (C=O) groups excluding carboxylic acids is 2. The minimum atomic E-state index is -4.75. The maximum atomic E-state index is 12.8. The highest BCUT2D eigenvalue weighted by atomic mass is 32.1. The molecule has 4 heterocycles. The number of halogens is 6. The van der Waals surface area contributed by atoms with E-state index in [0.29, 0.717) is 69.7 Å². The van der Waals surface area contributed by atoms with Crippen molar-refractivity contribution in [2.45, 2.75) is 89.0 Å². The minimum Gasteiger partial charge on any atom is -0.406 e. The number of hydrogen-bond acceptors (Lipinski definition) is 10. The molecule has 0 radical (unpaired) electrons. The highest BCUT2D eigenvalue weighted by Crippen LogP contribution is 2.34. The molecule has 2 aromatic carbocycles. The van der Waals surface area contributed by atoms with E-state index in [1.165, 1.54) is 59.1 Å². The van der Waals surface area contributed by atoms with Crippen molar-refractivity contribution in [3.05, 3.63) is 36.4 Å². The third kappa shape index (κ3) is 10.7. The molecule has 52 heavy (non-hydrogen) atoms. The van der Waals surface area contributed by atoms with Gasteiger partial charge in [0.05, 0.1) is 20.4 Å². The van der Waals surface area contributed by atoms with Gasteiger partial charge in [-0.15, -0.1) is 26.3 Å². The van der Waals surface area contributed by atoms with Gasteiger partial charge in [0, 0.05) is 63.2 Å². The number of nitrogens with one attached hydrogen (secondary N) is 2. The minimum absolute atomic E-state index is 0.107. The van der Waals surface area contributed by atoms with Crippen molar-refractivity contribution in [1.82, 2.24) is 19.8 Å². The second-order valence-corrected chi connectivity index (χ2v) is 15.0. The topological polar surface area (TPSA) is 109 Å². The van der Waals surface area contributed by atoms with E-state index in [9.17, 15) is 35.9 Å². The Labute approximate surface area is 303 Å². The molecule has 4 aromatic rings. The van der Waals surface area contributed by atoms with Crippen LogP contribution in [0.5, 0.6) is 11.5 Å². The molecule has 2 aliphatic rings. The molecule has 2 saturated heterocycles. The predicted molar refractivity (Wildman–Crippen MR) is 187 cm³/mol. The lowest BCUT2D eigenvalue weighted by Gasteiger charge is -2.32. The van der Waals surface area contributed by atoms with Crippen molar-refractivity contribution < 1.29 is 45.4 Å². The summed E-state index contributed by atoms with van der Waals surface area (Å²) in [6.07, 6.45) is -2.37. The number of hydrogen-bond donors (Lipinski definition) is 2. The van der Waals surface area contributed by atoms with E-state index >= 15 is 0 Å². The van der Waals surface area contributed by atoms with Gasteiger partial charge in [-0.2, -0.15) is 0 Å². The fourth-order valence-electron chi connectivity index (χ4n) is 6.45. The molecule has 2 aromatic heterocycles. The van der Waals surface area contributed by atoms with Gasteiger partial charge in [-0.25, -0.2) is 9.97 Å². The van der Waals surface area contributed by atoms with Crippen LogP contribution in [-0.4, -0.2) is 82.6 Å². The summed E-state index contributed by atoms with van der Waals surface area (Å²) in [7, 11) is 0. The van der Waals surface area contributed by atoms with Crippen LogP contribution in [0.2, 0.25) is 0 Å². The molecule has 0 bridgehead atoms. The predicted octanol–water partition coefficient (Wildman–Crippen LogP) is 8.55. The van der Waals surface area contributed by atoms with Crippen molar-refractivity contribution in [2.75, 3.05) is 36.8 Å². The van der Waals surface area contributed by atoms with Gasteiger partial charge in [0.15, 0.2) is 10.3 Å². The summed E-state index contributed by atoms with van der Waals surface area (Å²) >= 11 is 2.53. The molecule has 0 spiro atoms. The summed E-state index contributed by atoms with van der Waals surface area (Å²) in [4.78, 5) is 38.3. The van der Waals surface area contributed by atoms with E-state index < -0.39 is 12.7 Å². The number of carbonyl (C=O) groups is 2. The van der Waals surface area contributed by atoms with Gasteiger partial charge in [0.2, 0.25) is 11.8 Å². The number of thiazole rings is 2. The fraction of sp³-hybridized carbons (Fsp3) is 0.529. The standard InChI is InChI=1S/C34H38F6N6O4S2/c35-33(36,37)49-23-7-9-25-27(19-23)51-31(43-25)41-21-11-15-45(16-12-21)29(47)5-3-1-2-4-6-30(48)46-17-13-22(14-18-46)42-32-44-26-10-8-24(20-28(26)52-32)50-34(38,39)40/h7-10,19-22H,1-6,11-18H2,(H,41,43)(H,42,44). The van der Waals surface area contributed by atoms with Crippen molar-refractivity contribution in [2.24, 2.45) is 0 Å². The number of benzene rings is 2. The van der Waals surface area contributed by atoms with E-state index in [1.807, 2.05) is 9.80 Å². The lowest BCUT2D eigenvalue weighted by Crippen LogP contribution is -2.42. The lowest BCUT2D eigenvalue weighted by molar-refractivity contribution is -0.275. The normalized spacial score (nSPS) is 16.4. The van der Waals surface area contributed by atoms with Gasteiger partial charge >= 0.3 is 12.7 Å². The Kier molecular flexibility index (Phi) is 11.8. The summed E-state index contributed by atoms with van der Waals surface area (Å²) < 4.78 is 84.4. The Hall–Kier alpha value is -4.06. The first kappa shape index (κ1) is 37.7. The van der Waals surface area contributed by atoms with E-state index in [0.717, 1.165) is 51.4 Å². The Balaban J connectivity index is 0.819. The molecular formula is C34H38F6N6O4S2. The Morgan fingerprint density at radius 1 is 0.654 bits per heavy atom. The molecule has 2 amide bonds. The molecule has 2 N–H and O–H groups in total. The Bertz CT molecular complexity index is 1700. The number of likely N-dealkylation sites (tertiary alicyclic amines) is 2. The number of amides is 2. The van der Waals surface area contributed by atoms with Gasteiger partial charge in [0.25, 0.3) is 0 Å². The number of anilines is 2. The van der Waals surface area contributed by atoms with E-state index in [1.54, 1.807) is 0 Å². The molecule has 0 atom stereocenters. The van der Waals surface area contributed by atoms with E-state index in [4.69, 9.17) is 0 Å². The van der Waals surface area contributed by atoms with Crippen LogP contribution in [0.1, 0.15) is 64.2 Å². The van der Waals surface area contributed by atoms with Crippen LogP contribution in [0, 0.1) is 0 Å². The molecule has 282 valence electrons. The first-order chi connectivity index (χ1) is 24.8.